The Kier molecular flexibility index (Phi) is 14.7. The zero-order chi connectivity index (χ0) is 19.8. The summed E-state index contributed by atoms with van der Waals surface area (Å²) in [5, 5.41) is 8.25. The molecule has 1 unspecified atom stereocenters. The topological polar surface area (TPSA) is 80.8 Å². The third-order valence-electron chi connectivity index (χ3n) is 3.52. The zero-order valence-corrected chi connectivity index (χ0v) is 16.4. The summed E-state index contributed by atoms with van der Waals surface area (Å²) in [7, 11) is 0. The first-order valence-electron chi connectivity index (χ1n) is 9.06. The molecule has 0 aromatic carbocycles. The number of halogens is 2. The van der Waals surface area contributed by atoms with E-state index in [1.165, 1.54) is 0 Å². The van der Waals surface area contributed by atoms with E-state index in [2.05, 4.69) is 24.5 Å². The van der Waals surface area contributed by atoms with Gasteiger partial charge in [0.15, 0.2) is 0 Å². The van der Waals surface area contributed by atoms with Gasteiger partial charge in [0.05, 0.1) is 45.2 Å². The second-order valence-corrected chi connectivity index (χ2v) is 6.66. The molecule has 0 aromatic rings. The number of hydrogen-bond acceptors (Lipinski definition) is 6. The Bertz CT molecular complexity index is 361. The lowest BCUT2D eigenvalue weighted by atomic mass is 10.0. The van der Waals surface area contributed by atoms with Crippen molar-refractivity contribution in [2.75, 3.05) is 59.2 Å². The van der Waals surface area contributed by atoms with Crippen LogP contribution in [0.3, 0.4) is 0 Å². The maximum absolute atomic E-state index is 13.8. The Labute approximate surface area is 155 Å². The van der Waals surface area contributed by atoms with E-state index in [9.17, 15) is 13.6 Å². The minimum Gasteiger partial charge on any atom is -0.379 e. The lowest BCUT2D eigenvalue weighted by Gasteiger charge is -2.28. The van der Waals surface area contributed by atoms with Gasteiger partial charge in [-0.1, -0.05) is 13.8 Å². The Balaban J connectivity index is 3.43. The van der Waals surface area contributed by atoms with Crippen LogP contribution in [-0.4, -0.2) is 83.2 Å². The van der Waals surface area contributed by atoms with Gasteiger partial charge in [-0.25, -0.2) is 9.18 Å². The van der Waals surface area contributed by atoms with Crippen LogP contribution in [0.4, 0.5) is 13.6 Å². The van der Waals surface area contributed by atoms with E-state index in [-0.39, 0.29) is 6.61 Å². The van der Waals surface area contributed by atoms with Crippen LogP contribution in [0.15, 0.2) is 0 Å². The van der Waals surface area contributed by atoms with Crippen LogP contribution >= 0.6 is 0 Å². The summed E-state index contributed by atoms with van der Waals surface area (Å²) in [4.78, 5) is 10.2. The third-order valence-corrected chi connectivity index (χ3v) is 3.52. The molecular weight excluding hydrogens is 348 g/mol. The number of alkyl halides is 1. The summed E-state index contributed by atoms with van der Waals surface area (Å²) in [5.74, 6) is 0. The van der Waals surface area contributed by atoms with Crippen molar-refractivity contribution in [2.45, 2.75) is 45.5 Å². The number of ether oxygens (including phenoxy) is 3. The predicted molar refractivity (Wildman–Crippen MR) is 97.1 cm³/mol. The summed E-state index contributed by atoms with van der Waals surface area (Å²) in [6, 6.07) is 0.468. The van der Waals surface area contributed by atoms with E-state index >= 15 is 0 Å². The highest BCUT2D eigenvalue weighted by Crippen LogP contribution is 2.17. The maximum atomic E-state index is 13.8. The van der Waals surface area contributed by atoms with Gasteiger partial charge in [0.25, 0.3) is 0 Å². The highest BCUT2D eigenvalue weighted by Gasteiger charge is 2.30. The van der Waals surface area contributed by atoms with Crippen LogP contribution in [0.2, 0.25) is 0 Å². The van der Waals surface area contributed by atoms with Crippen molar-refractivity contribution in [3.63, 3.8) is 0 Å². The molecule has 0 radical (unpaired) electrons. The van der Waals surface area contributed by atoms with Gasteiger partial charge in [-0.2, -0.15) is 0 Å². The third kappa shape index (κ3) is 15.4. The number of carbonyl (C=O) groups is 1. The molecule has 26 heavy (non-hydrogen) atoms. The van der Waals surface area contributed by atoms with Crippen LogP contribution in [0.1, 0.15) is 27.7 Å². The highest BCUT2D eigenvalue weighted by molar-refractivity contribution is 5.65. The van der Waals surface area contributed by atoms with Gasteiger partial charge in [0, 0.05) is 25.7 Å². The summed E-state index contributed by atoms with van der Waals surface area (Å²) in [6.45, 7) is 11.5. The van der Waals surface area contributed by atoms with Crippen molar-refractivity contribution in [3.8, 4) is 0 Å². The molecule has 0 aliphatic heterocycles. The van der Waals surface area contributed by atoms with E-state index in [1.807, 2.05) is 0 Å². The molecule has 9 heteroatoms. The molecule has 7 nitrogen and oxygen atoms in total. The number of amides is 1. The van der Waals surface area contributed by atoms with Gasteiger partial charge >= 0.3 is 6.16 Å². The second-order valence-electron chi connectivity index (χ2n) is 6.66. The highest BCUT2D eigenvalue weighted by atomic mass is 19.1. The molecule has 0 saturated heterocycles. The molecule has 0 spiro atoms. The molecule has 3 N–H and O–H groups in total. The SMILES string of the molecule is CC(C)NCCOCCNCCOCCOC(C)(C)C(F)CNC(=O)F. The molecule has 156 valence electrons. The monoisotopic (exact) mass is 383 g/mol. The van der Waals surface area contributed by atoms with Crippen molar-refractivity contribution >= 4 is 6.16 Å². The molecule has 0 saturated carbocycles. The fourth-order valence-electron chi connectivity index (χ4n) is 1.91. The predicted octanol–water partition coefficient (Wildman–Crippen LogP) is 1.42. The molecule has 0 bridgehead atoms. The van der Waals surface area contributed by atoms with E-state index in [1.54, 1.807) is 19.2 Å². The summed E-state index contributed by atoms with van der Waals surface area (Å²) < 4.78 is 42.1. The van der Waals surface area contributed by atoms with Gasteiger partial charge < -0.3 is 30.2 Å². The largest absolute Gasteiger partial charge is 0.397 e. The lowest BCUT2D eigenvalue weighted by Crippen LogP contribution is -2.43. The van der Waals surface area contributed by atoms with Crippen molar-refractivity contribution in [2.24, 2.45) is 0 Å². The number of carbonyl (C=O) groups excluding carboxylic acids is 1. The molecule has 0 rings (SSSR count). The van der Waals surface area contributed by atoms with Crippen LogP contribution in [0, 0.1) is 0 Å². The van der Waals surface area contributed by atoms with Gasteiger partial charge in [-0.05, 0) is 13.8 Å². The van der Waals surface area contributed by atoms with E-state index in [0.29, 0.717) is 39.0 Å². The average Bonchev–Trinajstić information content (AvgIpc) is 2.56. The second kappa shape index (κ2) is 15.2. The minimum absolute atomic E-state index is 0.211. The molecule has 1 atom stereocenters. The zero-order valence-electron chi connectivity index (χ0n) is 16.4. The van der Waals surface area contributed by atoms with Crippen molar-refractivity contribution in [1.82, 2.24) is 16.0 Å². The standard InChI is InChI=1S/C17H35F2N3O4/c1-14(2)21-7-10-24-8-5-20-6-9-25-11-12-26-17(3,4)15(18)13-22-16(19)23/h14-15,20-21H,5-13H2,1-4H3,(H,22,23). The molecule has 0 aliphatic rings. The molecule has 1 amide bonds. The summed E-state index contributed by atoms with van der Waals surface area (Å²) in [6.07, 6.45) is -3.27. The summed E-state index contributed by atoms with van der Waals surface area (Å²) in [5.41, 5.74) is -1.13. The van der Waals surface area contributed by atoms with Crippen molar-refractivity contribution in [3.05, 3.63) is 0 Å². The first-order chi connectivity index (χ1) is 12.3. The molecule has 0 heterocycles. The maximum Gasteiger partial charge on any atom is 0.397 e. The molecule has 0 aliphatic carbocycles. The molecular formula is C17H35F2N3O4. The first-order valence-corrected chi connectivity index (χ1v) is 9.06. The molecule has 0 fully saturated rings. The normalized spacial score (nSPS) is 13.2. The van der Waals surface area contributed by atoms with Gasteiger partial charge in [0.1, 0.15) is 6.17 Å². The van der Waals surface area contributed by atoms with Crippen LogP contribution in [0.25, 0.3) is 0 Å². The van der Waals surface area contributed by atoms with Crippen LogP contribution < -0.4 is 16.0 Å². The fraction of sp³-hybridized carbons (Fsp3) is 0.941. The Morgan fingerprint density at radius 3 is 2.15 bits per heavy atom. The first kappa shape index (κ1) is 25.1. The average molecular weight is 383 g/mol. The quantitative estimate of drug-likeness (QED) is 0.200. The van der Waals surface area contributed by atoms with E-state index in [0.717, 1.165) is 13.1 Å². The van der Waals surface area contributed by atoms with Gasteiger partial charge in [-0.15, -0.1) is 4.39 Å². The number of rotatable bonds is 17. The van der Waals surface area contributed by atoms with Crippen molar-refractivity contribution in [1.29, 1.82) is 0 Å². The smallest absolute Gasteiger partial charge is 0.379 e. The number of hydrogen-bond donors (Lipinski definition) is 3. The van der Waals surface area contributed by atoms with Gasteiger partial charge in [-0.3, -0.25) is 0 Å². The number of nitrogens with one attached hydrogen (secondary N) is 3. The Hall–Kier alpha value is -0.870. The minimum atomic E-state index is -1.75. The Morgan fingerprint density at radius 1 is 1.00 bits per heavy atom. The molecule has 0 aromatic heterocycles. The van der Waals surface area contributed by atoms with Crippen molar-refractivity contribution < 1.29 is 27.8 Å². The lowest BCUT2D eigenvalue weighted by molar-refractivity contribution is -0.0861. The van der Waals surface area contributed by atoms with E-state index < -0.39 is 24.5 Å². The fourth-order valence-corrected chi connectivity index (χ4v) is 1.91. The van der Waals surface area contributed by atoms with Crippen LogP contribution in [-0.2, 0) is 14.2 Å². The Morgan fingerprint density at radius 2 is 1.58 bits per heavy atom. The van der Waals surface area contributed by atoms with E-state index in [4.69, 9.17) is 14.2 Å². The summed E-state index contributed by atoms with van der Waals surface area (Å²) >= 11 is 0. The van der Waals surface area contributed by atoms with Gasteiger partial charge in [0.2, 0.25) is 0 Å². The van der Waals surface area contributed by atoms with Crippen LogP contribution in [0.5, 0.6) is 0 Å².